The molecular weight excluding hydrogens is 472 g/mol. The number of amides is 1. The normalized spacial score (nSPS) is 11.5. The fourth-order valence-electron chi connectivity index (χ4n) is 4.14. The molecule has 3 N–H and O–H groups in total. The quantitative estimate of drug-likeness (QED) is 0.274. The van der Waals surface area contributed by atoms with E-state index in [2.05, 4.69) is 41.9 Å². The minimum Gasteiger partial charge on any atom is -0.335 e. The number of aromatic nitrogens is 7. The molecule has 10 heteroatoms. The minimum absolute atomic E-state index is 0.0372. The SMILES string of the molecule is CC(C)CC(=O)Nc1cncc(-c2ccc3[nH]nc(-c4nc5nccc(-c6ccsc6)c5[nH]4)c3n2)c1. The Bertz CT molecular complexity index is 1700. The fraction of sp³-hybridized carbons (Fsp3) is 0.154. The Labute approximate surface area is 210 Å². The van der Waals surface area contributed by atoms with Gasteiger partial charge in [-0.2, -0.15) is 16.4 Å². The van der Waals surface area contributed by atoms with Gasteiger partial charge in [-0.3, -0.25) is 14.9 Å². The number of carbonyl (C=O) groups excluding carboxylic acids is 1. The number of carbonyl (C=O) groups is 1. The van der Waals surface area contributed by atoms with Gasteiger partial charge in [0.2, 0.25) is 5.91 Å². The predicted octanol–water partition coefficient (Wildman–Crippen LogP) is 5.67. The first kappa shape index (κ1) is 22.1. The van der Waals surface area contributed by atoms with Crippen LogP contribution in [0, 0.1) is 5.92 Å². The number of nitrogens with one attached hydrogen (secondary N) is 3. The van der Waals surface area contributed by atoms with Crippen LogP contribution in [0.15, 0.2) is 59.7 Å². The molecule has 0 aliphatic carbocycles. The summed E-state index contributed by atoms with van der Waals surface area (Å²) in [5.41, 5.74) is 7.84. The number of hydrogen-bond donors (Lipinski definition) is 3. The van der Waals surface area contributed by atoms with Crippen LogP contribution in [-0.2, 0) is 4.79 Å². The molecule has 0 aliphatic heterocycles. The molecule has 6 rings (SSSR count). The fourth-order valence-corrected chi connectivity index (χ4v) is 4.79. The van der Waals surface area contributed by atoms with Gasteiger partial charge in [-0.1, -0.05) is 13.8 Å². The zero-order valence-electron chi connectivity index (χ0n) is 19.6. The van der Waals surface area contributed by atoms with Crippen molar-refractivity contribution >= 4 is 45.1 Å². The molecule has 6 aromatic heterocycles. The molecule has 0 atom stereocenters. The third-order valence-electron chi connectivity index (χ3n) is 5.77. The lowest BCUT2D eigenvalue weighted by Gasteiger charge is -2.08. The van der Waals surface area contributed by atoms with E-state index in [0.29, 0.717) is 40.5 Å². The highest BCUT2D eigenvalue weighted by molar-refractivity contribution is 7.08. The third kappa shape index (κ3) is 4.11. The number of imidazole rings is 1. The molecule has 36 heavy (non-hydrogen) atoms. The largest absolute Gasteiger partial charge is 0.335 e. The average Bonchev–Trinajstić information content (AvgIpc) is 3.62. The lowest BCUT2D eigenvalue weighted by atomic mass is 10.1. The molecule has 0 saturated heterocycles. The average molecular weight is 495 g/mol. The summed E-state index contributed by atoms with van der Waals surface area (Å²) in [6, 6.07) is 9.75. The molecule has 0 bridgehead atoms. The van der Waals surface area contributed by atoms with Crippen molar-refractivity contribution in [3.05, 3.63) is 59.7 Å². The van der Waals surface area contributed by atoms with Crippen LogP contribution in [0.5, 0.6) is 0 Å². The number of anilines is 1. The van der Waals surface area contributed by atoms with Gasteiger partial charge in [0.25, 0.3) is 0 Å². The maximum atomic E-state index is 12.2. The minimum atomic E-state index is -0.0372. The Morgan fingerprint density at radius 2 is 2.03 bits per heavy atom. The van der Waals surface area contributed by atoms with Crippen molar-refractivity contribution in [2.75, 3.05) is 5.32 Å². The number of fused-ring (bicyclic) bond motifs is 2. The van der Waals surface area contributed by atoms with E-state index in [-0.39, 0.29) is 11.8 Å². The molecule has 0 radical (unpaired) electrons. The molecule has 0 spiro atoms. The van der Waals surface area contributed by atoms with E-state index in [1.54, 1.807) is 29.9 Å². The van der Waals surface area contributed by atoms with Crippen LogP contribution in [-0.4, -0.2) is 41.0 Å². The number of thiophene rings is 1. The number of aromatic amines is 2. The number of pyridine rings is 3. The van der Waals surface area contributed by atoms with Gasteiger partial charge in [0.1, 0.15) is 5.52 Å². The Morgan fingerprint density at radius 1 is 1.11 bits per heavy atom. The zero-order chi connectivity index (χ0) is 24.6. The number of nitrogens with zero attached hydrogens (tertiary/aromatic N) is 5. The molecule has 0 aliphatic rings. The second-order valence-corrected chi connectivity index (χ2v) is 9.71. The summed E-state index contributed by atoms with van der Waals surface area (Å²) in [7, 11) is 0. The maximum absolute atomic E-state index is 12.2. The van der Waals surface area contributed by atoms with E-state index in [0.717, 1.165) is 27.7 Å². The number of rotatable bonds is 6. The first-order valence-electron chi connectivity index (χ1n) is 11.5. The van der Waals surface area contributed by atoms with Gasteiger partial charge in [0.15, 0.2) is 17.2 Å². The van der Waals surface area contributed by atoms with Crippen LogP contribution in [0.25, 0.3) is 56.1 Å². The molecule has 178 valence electrons. The highest BCUT2D eigenvalue weighted by atomic mass is 32.1. The van der Waals surface area contributed by atoms with Crippen molar-refractivity contribution in [1.82, 2.24) is 35.1 Å². The lowest BCUT2D eigenvalue weighted by molar-refractivity contribution is -0.116. The van der Waals surface area contributed by atoms with Gasteiger partial charge in [-0.15, -0.1) is 0 Å². The van der Waals surface area contributed by atoms with Crippen molar-refractivity contribution in [2.45, 2.75) is 20.3 Å². The highest BCUT2D eigenvalue weighted by Gasteiger charge is 2.17. The summed E-state index contributed by atoms with van der Waals surface area (Å²) in [6.07, 6.45) is 5.58. The number of H-pyrrole nitrogens is 2. The van der Waals surface area contributed by atoms with Crippen molar-refractivity contribution in [1.29, 1.82) is 0 Å². The summed E-state index contributed by atoms with van der Waals surface area (Å²) in [6.45, 7) is 4.02. The van der Waals surface area contributed by atoms with Crippen LogP contribution in [0.2, 0.25) is 0 Å². The summed E-state index contributed by atoms with van der Waals surface area (Å²) in [5.74, 6) is 0.827. The Hall–Kier alpha value is -4.44. The first-order valence-corrected chi connectivity index (χ1v) is 12.5. The Balaban J connectivity index is 1.38. The second-order valence-electron chi connectivity index (χ2n) is 8.93. The van der Waals surface area contributed by atoms with E-state index >= 15 is 0 Å². The molecule has 0 aromatic carbocycles. The summed E-state index contributed by atoms with van der Waals surface area (Å²) < 4.78 is 0. The van der Waals surface area contributed by atoms with Crippen LogP contribution in [0.1, 0.15) is 20.3 Å². The van der Waals surface area contributed by atoms with E-state index < -0.39 is 0 Å². The van der Waals surface area contributed by atoms with Gasteiger partial charge in [-0.05, 0) is 52.6 Å². The highest BCUT2D eigenvalue weighted by Crippen LogP contribution is 2.32. The van der Waals surface area contributed by atoms with Crippen LogP contribution < -0.4 is 5.32 Å². The predicted molar refractivity (Wildman–Crippen MR) is 141 cm³/mol. The summed E-state index contributed by atoms with van der Waals surface area (Å²) in [4.78, 5) is 33.9. The van der Waals surface area contributed by atoms with Crippen molar-refractivity contribution in [3.63, 3.8) is 0 Å². The van der Waals surface area contributed by atoms with E-state index in [9.17, 15) is 4.79 Å². The van der Waals surface area contributed by atoms with Crippen molar-refractivity contribution < 1.29 is 4.79 Å². The van der Waals surface area contributed by atoms with Gasteiger partial charge in [0, 0.05) is 29.9 Å². The third-order valence-corrected chi connectivity index (χ3v) is 6.45. The molecule has 6 heterocycles. The van der Waals surface area contributed by atoms with Gasteiger partial charge < -0.3 is 10.3 Å². The van der Waals surface area contributed by atoms with Gasteiger partial charge in [0.05, 0.1) is 28.6 Å². The van der Waals surface area contributed by atoms with E-state index in [4.69, 9.17) is 9.97 Å². The second kappa shape index (κ2) is 8.97. The topological polar surface area (TPSA) is 125 Å². The molecule has 6 aromatic rings. The van der Waals surface area contributed by atoms with Crippen LogP contribution >= 0.6 is 11.3 Å². The molecule has 9 nitrogen and oxygen atoms in total. The van der Waals surface area contributed by atoms with E-state index in [1.165, 1.54) is 0 Å². The Kier molecular flexibility index (Phi) is 5.49. The Morgan fingerprint density at radius 3 is 2.86 bits per heavy atom. The summed E-state index contributed by atoms with van der Waals surface area (Å²) >= 11 is 1.65. The zero-order valence-corrected chi connectivity index (χ0v) is 20.4. The number of hydrogen-bond acceptors (Lipinski definition) is 7. The standard InChI is InChI=1S/C26H22N8OS/c1-14(2)9-21(35)29-17-10-16(11-27-12-17)19-3-4-20-23(30-19)24(34-33-20)26-31-22-18(15-6-8-36-13-15)5-7-28-25(22)32-26/h3-8,10-14H,9H2,1-2H3,(H,29,35)(H,33,34)(H,28,31,32). The summed E-state index contributed by atoms with van der Waals surface area (Å²) in [5, 5.41) is 14.6. The maximum Gasteiger partial charge on any atom is 0.224 e. The first-order chi connectivity index (χ1) is 17.5. The smallest absolute Gasteiger partial charge is 0.224 e. The van der Waals surface area contributed by atoms with Crippen molar-refractivity contribution in [3.8, 4) is 33.9 Å². The van der Waals surface area contributed by atoms with E-state index in [1.807, 2.05) is 43.5 Å². The van der Waals surface area contributed by atoms with Crippen molar-refractivity contribution in [2.24, 2.45) is 5.92 Å². The molecule has 0 saturated carbocycles. The van der Waals surface area contributed by atoms with Gasteiger partial charge in [-0.25, -0.2) is 15.0 Å². The lowest BCUT2D eigenvalue weighted by Crippen LogP contribution is -2.14. The van der Waals surface area contributed by atoms with Crippen LogP contribution in [0.4, 0.5) is 5.69 Å². The molecule has 0 fully saturated rings. The molecule has 0 unspecified atom stereocenters. The van der Waals surface area contributed by atoms with Crippen LogP contribution in [0.3, 0.4) is 0 Å². The molecular formula is C26H22N8OS. The monoisotopic (exact) mass is 494 g/mol. The van der Waals surface area contributed by atoms with Gasteiger partial charge >= 0.3 is 0 Å². The molecule has 1 amide bonds.